The van der Waals surface area contributed by atoms with E-state index in [9.17, 15) is 9.18 Å². The number of hydrogen-bond acceptors (Lipinski definition) is 2. The van der Waals surface area contributed by atoms with E-state index in [1.54, 1.807) is 19.9 Å². The summed E-state index contributed by atoms with van der Waals surface area (Å²) < 4.78 is 19.0. The highest BCUT2D eigenvalue weighted by atomic mass is 19.1. The lowest BCUT2D eigenvalue weighted by Gasteiger charge is -2.20. The molecule has 0 aromatic heterocycles. The standard InChI is InChI=1S/C14H19FO3/c1-5-10-11(15)6-9(7-12(10)18-4)8-14(2,3)13(16)17/h6-7H,5,8H2,1-4H3,(H,16,17). The number of carbonyl (C=O) groups is 1. The Hall–Kier alpha value is -1.58. The molecule has 1 aromatic rings. The minimum absolute atomic E-state index is 0.263. The molecule has 4 heteroatoms. The van der Waals surface area contributed by atoms with Crippen LogP contribution in [0.15, 0.2) is 12.1 Å². The Morgan fingerprint density at radius 2 is 2.06 bits per heavy atom. The SMILES string of the molecule is CCc1c(F)cc(CC(C)(C)C(=O)O)cc1OC. The Balaban J connectivity index is 3.13. The maximum absolute atomic E-state index is 13.8. The number of carboxylic acids is 1. The minimum Gasteiger partial charge on any atom is -0.496 e. The van der Waals surface area contributed by atoms with E-state index in [4.69, 9.17) is 9.84 Å². The van der Waals surface area contributed by atoms with Gasteiger partial charge in [0.2, 0.25) is 0 Å². The molecule has 100 valence electrons. The van der Waals surface area contributed by atoms with Crippen molar-refractivity contribution in [2.45, 2.75) is 33.6 Å². The molecule has 0 saturated carbocycles. The summed E-state index contributed by atoms with van der Waals surface area (Å²) in [5, 5.41) is 9.07. The smallest absolute Gasteiger partial charge is 0.309 e. The van der Waals surface area contributed by atoms with Gasteiger partial charge in [0, 0.05) is 5.56 Å². The largest absolute Gasteiger partial charge is 0.496 e. The average Bonchev–Trinajstić information content (AvgIpc) is 2.27. The minimum atomic E-state index is -0.925. The number of carboxylic acid groups (broad SMARTS) is 1. The maximum atomic E-state index is 13.8. The molecule has 18 heavy (non-hydrogen) atoms. The van der Waals surface area contributed by atoms with E-state index < -0.39 is 11.4 Å². The molecule has 1 N–H and O–H groups in total. The molecule has 0 unspecified atom stereocenters. The van der Waals surface area contributed by atoms with Gasteiger partial charge in [-0.1, -0.05) is 6.92 Å². The third-order valence-electron chi connectivity index (χ3n) is 3.01. The summed E-state index contributed by atoms with van der Waals surface area (Å²) in [6, 6.07) is 3.11. The molecule has 0 radical (unpaired) electrons. The van der Waals surface area contributed by atoms with Crippen LogP contribution in [0.5, 0.6) is 5.75 Å². The fourth-order valence-corrected chi connectivity index (χ4v) is 1.88. The molecule has 0 fully saturated rings. The van der Waals surface area contributed by atoms with Crippen LogP contribution in [0.2, 0.25) is 0 Å². The zero-order chi connectivity index (χ0) is 13.9. The third kappa shape index (κ3) is 3.00. The first-order valence-electron chi connectivity index (χ1n) is 5.90. The highest BCUT2D eigenvalue weighted by Crippen LogP contribution is 2.29. The van der Waals surface area contributed by atoms with E-state index in [0.717, 1.165) is 0 Å². The van der Waals surface area contributed by atoms with Gasteiger partial charge >= 0.3 is 5.97 Å². The predicted octanol–water partition coefficient (Wildman–Crippen LogP) is 3.05. The highest BCUT2D eigenvalue weighted by Gasteiger charge is 2.28. The molecule has 0 aliphatic rings. The van der Waals surface area contributed by atoms with Crippen LogP contribution in [-0.2, 0) is 17.6 Å². The van der Waals surface area contributed by atoms with Crippen molar-refractivity contribution in [3.63, 3.8) is 0 Å². The quantitative estimate of drug-likeness (QED) is 0.878. The highest BCUT2D eigenvalue weighted by molar-refractivity contribution is 5.74. The Morgan fingerprint density at radius 3 is 2.50 bits per heavy atom. The molecule has 0 aliphatic carbocycles. The fourth-order valence-electron chi connectivity index (χ4n) is 1.88. The summed E-state index contributed by atoms with van der Waals surface area (Å²) in [7, 11) is 1.49. The van der Waals surface area contributed by atoms with Gasteiger partial charge in [0.05, 0.1) is 12.5 Å². The second-order valence-corrected chi connectivity index (χ2v) is 4.98. The molecule has 0 heterocycles. The molecule has 0 amide bonds. The predicted molar refractivity (Wildman–Crippen MR) is 67.5 cm³/mol. The van der Waals surface area contributed by atoms with Crippen molar-refractivity contribution < 1.29 is 19.0 Å². The number of aliphatic carboxylic acids is 1. The lowest BCUT2D eigenvalue weighted by Crippen LogP contribution is -2.26. The van der Waals surface area contributed by atoms with Crippen molar-refractivity contribution in [3.05, 3.63) is 29.1 Å². The Kier molecular flexibility index (Phi) is 4.33. The van der Waals surface area contributed by atoms with Crippen LogP contribution in [0.25, 0.3) is 0 Å². The van der Waals surface area contributed by atoms with E-state index in [0.29, 0.717) is 23.3 Å². The monoisotopic (exact) mass is 254 g/mol. The van der Waals surface area contributed by atoms with Crippen LogP contribution >= 0.6 is 0 Å². The fraction of sp³-hybridized carbons (Fsp3) is 0.500. The Bertz CT molecular complexity index is 453. The molecule has 0 spiro atoms. The summed E-state index contributed by atoms with van der Waals surface area (Å²) in [4.78, 5) is 11.1. The van der Waals surface area contributed by atoms with Crippen molar-refractivity contribution in [2.75, 3.05) is 7.11 Å². The van der Waals surface area contributed by atoms with Crippen molar-refractivity contribution >= 4 is 5.97 Å². The second kappa shape index (κ2) is 5.38. The second-order valence-electron chi connectivity index (χ2n) is 4.98. The summed E-state index contributed by atoms with van der Waals surface area (Å²) in [6.07, 6.45) is 0.803. The number of benzene rings is 1. The number of ether oxygens (including phenoxy) is 1. The van der Waals surface area contributed by atoms with Gasteiger partial charge in [-0.05, 0) is 44.4 Å². The molecular weight excluding hydrogens is 235 g/mol. The molecular formula is C14H19FO3. The molecule has 0 aliphatic heterocycles. The van der Waals surface area contributed by atoms with Gasteiger partial charge in [-0.2, -0.15) is 0 Å². The lowest BCUT2D eigenvalue weighted by atomic mass is 9.85. The number of methoxy groups -OCH3 is 1. The van der Waals surface area contributed by atoms with Crippen molar-refractivity contribution in [1.29, 1.82) is 0 Å². The number of halogens is 1. The third-order valence-corrected chi connectivity index (χ3v) is 3.01. The Labute approximate surface area is 107 Å². The zero-order valence-electron chi connectivity index (χ0n) is 11.2. The average molecular weight is 254 g/mol. The van der Waals surface area contributed by atoms with Gasteiger partial charge < -0.3 is 9.84 Å². The van der Waals surface area contributed by atoms with Crippen molar-refractivity contribution in [1.82, 2.24) is 0 Å². The summed E-state index contributed by atoms with van der Waals surface area (Å²) in [6.45, 7) is 5.09. The van der Waals surface area contributed by atoms with E-state index in [-0.39, 0.29) is 12.2 Å². The molecule has 0 saturated heterocycles. The van der Waals surface area contributed by atoms with Gasteiger partial charge in [-0.15, -0.1) is 0 Å². The lowest BCUT2D eigenvalue weighted by molar-refractivity contribution is -0.146. The van der Waals surface area contributed by atoms with Crippen LogP contribution in [0.4, 0.5) is 4.39 Å². The topological polar surface area (TPSA) is 46.5 Å². The molecule has 0 bridgehead atoms. The van der Waals surface area contributed by atoms with E-state index in [2.05, 4.69) is 0 Å². The van der Waals surface area contributed by atoms with Gasteiger partial charge in [-0.3, -0.25) is 4.79 Å². The van der Waals surface area contributed by atoms with Gasteiger partial charge in [0.1, 0.15) is 11.6 Å². The number of hydrogen-bond donors (Lipinski definition) is 1. The van der Waals surface area contributed by atoms with E-state index in [1.807, 2.05) is 6.92 Å². The van der Waals surface area contributed by atoms with Crippen LogP contribution in [0, 0.1) is 11.2 Å². The molecule has 3 nitrogen and oxygen atoms in total. The maximum Gasteiger partial charge on any atom is 0.309 e. The van der Waals surface area contributed by atoms with Crippen molar-refractivity contribution in [3.8, 4) is 5.75 Å². The van der Waals surface area contributed by atoms with Crippen LogP contribution < -0.4 is 4.74 Å². The zero-order valence-corrected chi connectivity index (χ0v) is 11.2. The molecule has 0 atom stereocenters. The van der Waals surface area contributed by atoms with Gasteiger partial charge in [0.15, 0.2) is 0 Å². The van der Waals surface area contributed by atoms with E-state index >= 15 is 0 Å². The van der Waals surface area contributed by atoms with Gasteiger partial charge in [0.25, 0.3) is 0 Å². The van der Waals surface area contributed by atoms with Gasteiger partial charge in [-0.25, -0.2) is 4.39 Å². The van der Waals surface area contributed by atoms with Crippen molar-refractivity contribution in [2.24, 2.45) is 5.41 Å². The van der Waals surface area contributed by atoms with Crippen LogP contribution in [0.3, 0.4) is 0 Å². The summed E-state index contributed by atoms with van der Waals surface area (Å²) >= 11 is 0. The summed E-state index contributed by atoms with van der Waals surface area (Å²) in [5.41, 5.74) is 0.230. The first kappa shape index (κ1) is 14.5. The summed E-state index contributed by atoms with van der Waals surface area (Å²) in [5.74, 6) is -0.761. The first-order chi connectivity index (χ1) is 8.31. The van der Waals surface area contributed by atoms with E-state index in [1.165, 1.54) is 13.2 Å². The van der Waals surface area contributed by atoms with Crippen LogP contribution in [0.1, 0.15) is 31.9 Å². The molecule has 1 rings (SSSR count). The number of rotatable bonds is 5. The first-order valence-corrected chi connectivity index (χ1v) is 5.90. The normalized spacial score (nSPS) is 11.4. The van der Waals surface area contributed by atoms with Crippen LogP contribution in [-0.4, -0.2) is 18.2 Å². The Morgan fingerprint density at radius 1 is 1.44 bits per heavy atom. The molecule has 1 aromatic carbocycles.